The smallest absolute Gasteiger partial charge is 0.266 e. The van der Waals surface area contributed by atoms with Crippen LogP contribution in [0.3, 0.4) is 0 Å². The first kappa shape index (κ1) is 28.1. The Balaban J connectivity index is 1.50. The highest BCUT2D eigenvalue weighted by Crippen LogP contribution is 2.45. The van der Waals surface area contributed by atoms with Crippen LogP contribution in [-0.4, -0.2) is 48.8 Å². The lowest BCUT2D eigenvalue weighted by Gasteiger charge is -2.32. The van der Waals surface area contributed by atoms with E-state index in [4.69, 9.17) is 15.8 Å². The Morgan fingerprint density at radius 1 is 1.12 bits per heavy atom. The number of nitrogens with two attached hydrogens (primary N) is 1. The standard InChI is InChI=1S/C28H36F3N7O2/c1-16(2)38-22(27(32)40)13-20(36-38)25(17-7-9-28(30,31)10-8-17)21-15-37-23(34-21)12-19(14-33-37)26(18-5-6-18)35-24(39)4-3-11-29/h12-18,25-26H,3-11H2,1-2H3,(H2,32,40)(H,35,39)/t25-,26-/m1/s1. The summed E-state index contributed by atoms with van der Waals surface area (Å²) in [5.41, 5.74) is 8.46. The molecule has 5 rings (SSSR count). The van der Waals surface area contributed by atoms with Crippen LogP contribution >= 0.6 is 0 Å². The third-order valence-electron chi connectivity index (χ3n) is 8.03. The molecule has 3 aromatic rings. The molecule has 2 amide bonds. The molecule has 0 spiro atoms. The molecule has 2 saturated carbocycles. The molecule has 2 aliphatic rings. The van der Waals surface area contributed by atoms with Crippen LogP contribution < -0.4 is 11.1 Å². The second-order valence-corrected chi connectivity index (χ2v) is 11.5. The van der Waals surface area contributed by atoms with Gasteiger partial charge < -0.3 is 11.1 Å². The van der Waals surface area contributed by atoms with Crippen LogP contribution in [0.5, 0.6) is 0 Å². The Morgan fingerprint density at radius 2 is 1.85 bits per heavy atom. The molecule has 0 unspecified atom stereocenters. The highest BCUT2D eigenvalue weighted by Gasteiger charge is 2.41. The highest BCUT2D eigenvalue weighted by atomic mass is 19.3. The molecule has 9 nitrogen and oxygen atoms in total. The fraction of sp³-hybridized carbons (Fsp3) is 0.607. The number of nitrogens with one attached hydrogen (secondary N) is 1. The number of hydrogen-bond donors (Lipinski definition) is 2. The minimum absolute atomic E-state index is 0.126. The topological polar surface area (TPSA) is 120 Å². The van der Waals surface area contributed by atoms with Gasteiger partial charge in [-0.25, -0.2) is 18.3 Å². The first-order valence-electron chi connectivity index (χ1n) is 14.0. The number of nitrogens with zero attached hydrogens (tertiary/aromatic N) is 5. The lowest BCUT2D eigenvalue weighted by molar-refractivity contribution is -0.122. The van der Waals surface area contributed by atoms with E-state index < -0.39 is 24.4 Å². The van der Waals surface area contributed by atoms with E-state index in [2.05, 4.69) is 10.4 Å². The summed E-state index contributed by atoms with van der Waals surface area (Å²) in [6, 6.07) is 3.17. The summed E-state index contributed by atoms with van der Waals surface area (Å²) in [7, 11) is 0. The number of fused-ring (bicyclic) bond motifs is 1. The van der Waals surface area contributed by atoms with E-state index in [0.717, 1.165) is 18.4 Å². The second kappa shape index (κ2) is 11.2. The molecule has 2 fully saturated rings. The van der Waals surface area contributed by atoms with Crippen molar-refractivity contribution in [3.05, 3.63) is 47.2 Å². The zero-order valence-corrected chi connectivity index (χ0v) is 22.8. The van der Waals surface area contributed by atoms with Crippen LogP contribution in [0.4, 0.5) is 13.2 Å². The summed E-state index contributed by atoms with van der Waals surface area (Å²) < 4.78 is 43.9. The Hall–Kier alpha value is -3.44. The normalized spacial score (nSPS) is 19.1. The van der Waals surface area contributed by atoms with Gasteiger partial charge in [0.25, 0.3) is 5.91 Å². The summed E-state index contributed by atoms with van der Waals surface area (Å²) >= 11 is 0. The van der Waals surface area contributed by atoms with Crippen molar-refractivity contribution in [1.82, 2.24) is 29.7 Å². The minimum atomic E-state index is -2.70. The van der Waals surface area contributed by atoms with Gasteiger partial charge in [0.2, 0.25) is 11.8 Å². The van der Waals surface area contributed by atoms with Crippen molar-refractivity contribution in [2.45, 2.75) is 89.1 Å². The van der Waals surface area contributed by atoms with E-state index in [-0.39, 0.29) is 61.2 Å². The molecule has 12 heteroatoms. The van der Waals surface area contributed by atoms with Gasteiger partial charge in [-0.1, -0.05) is 0 Å². The molecular weight excluding hydrogens is 523 g/mol. The predicted octanol–water partition coefficient (Wildman–Crippen LogP) is 4.88. The Labute approximate surface area is 230 Å². The van der Waals surface area contributed by atoms with E-state index >= 15 is 0 Å². The molecular formula is C28H36F3N7O2. The average Bonchev–Trinajstić information content (AvgIpc) is 3.50. The monoisotopic (exact) mass is 559 g/mol. The van der Waals surface area contributed by atoms with Crippen molar-refractivity contribution in [1.29, 1.82) is 0 Å². The fourth-order valence-corrected chi connectivity index (χ4v) is 5.78. The molecule has 2 aliphatic carbocycles. The first-order valence-corrected chi connectivity index (χ1v) is 14.0. The number of imidazole rings is 1. The number of alkyl halides is 3. The van der Waals surface area contributed by atoms with E-state index in [0.29, 0.717) is 29.9 Å². The zero-order valence-electron chi connectivity index (χ0n) is 22.8. The molecule has 3 aromatic heterocycles. The van der Waals surface area contributed by atoms with Crippen molar-refractivity contribution in [3.63, 3.8) is 0 Å². The van der Waals surface area contributed by atoms with Crippen molar-refractivity contribution >= 4 is 17.5 Å². The third kappa shape index (κ3) is 6.00. The summed E-state index contributed by atoms with van der Waals surface area (Å²) in [6.45, 7) is 3.24. The SMILES string of the molecule is CC(C)n1nc([C@H](c2cn3ncc([C@H](NC(=O)CCCF)C4CC4)cc3n2)C2CCC(F)(F)CC2)cc1C(N)=O. The van der Waals surface area contributed by atoms with Crippen molar-refractivity contribution < 1.29 is 22.8 Å². The number of carbonyl (C=O) groups is 2. The summed E-state index contributed by atoms with van der Waals surface area (Å²) in [5.74, 6) is -3.80. The largest absolute Gasteiger partial charge is 0.364 e. The fourth-order valence-electron chi connectivity index (χ4n) is 5.78. The molecule has 3 heterocycles. The molecule has 216 valence electrons. The number of primary amides is 1. The lowest BCUT2D eigenvalue weighted by Crippen LogP contribution is -2.30. The van der Waals surface area contributed by atoms with E-state index in [1.54, 1.807) is 27.7 Å². The van der Waals surface area contributed by atoms with Gasteiger partial charge in [0.05, 0.1) is 36.5 Å². The third-order valence-corrected chi connectivity index (χ3v) is 8.03. The average molecular weight is 560 g/mol. The van der Waals surface area contributed by atoms with Gasteiger partial charge in [-0.15, -0.1) is 0 Å². The Kier molecular flexibility index (Phi) is 7.87. The quantitative estimate of drug-likeness (QED) is 0.347. The van der Waals surface area contributed by atoms with Crippen LogP contribution in [0.15, 0.2) is 24.5 Å². The van der Waals surface area contributed by atoms with Crippen molar-refractivity contribution in [3.8, 4) is 0 Å². The lowest BCUT2D eigenvalue weighted by atomic mass is 9.76. The molecule has 0 bridgehead atoms. The number of hydrogen-bond acceptors (Lipinski definition) is 5. The van der Waals surface area contributed by atoms with Crippen molar-refractivity contribution in [2.75, 3.05) is 6.67 Å². The van der Waals surface area contributed by atoms with Gasteiger partial charge in [-0.3, -0.25) is 18.7 Å². The number of carbonyl (C=O) groups excluding carboxylic acids is 2. The van der Waals surface area contributed by atoms with Gasteiger partial charge in [0, 0.05) is 31.2 Å². The zero-order chi connectivity index (χ0) is 28.6. The molecule has 40 heavy (non-hydrogen) atoms. The van der Waals surface area contributed by atoms with Crippen LogP contribution in [-0.2, 0) is 4.79 Å². The maximum absolute atomic E-state index is 14.1. The van der Waals surface area contributed by atoms with E-state index in [9.17, 15) is 22.8 Å². The van der Waals surface area contributed by atoms with Crippen LogP contribution in [0.1, 0.15) is 111 Å². The minimum Gasteiger partial charge on any atom is -0.364 e. The number of amides is 2. The number of halogens is 3. The van der Waals surface area contributed by atoms with Gasteiger partial charge in [0.15, 0.2) is 5.65 Å². The Bertz CT molecular complexity index is 1370. The predicted molar refractivity (Wildman–Crippen MR) is 142 cm³/mol. The van der Waals surface area contributed by atoms with Gasteiger partial charge in [-0.2, -0.15) is 10.2 Å². The number of aromatic nitrogens is 5. The highest BCUT2D eigenvalue weighted by molar-refractivity contribution is 5.91. The molecule has 0 aliphatic heterocycles. The molecule has 3 N–H and O–H groups in total. The first-order chi connectivity index (χ1) is 19.1. The van der Waals surface area contributed by atoms with Crippen LogP contribution in [0.2, 0.25) is 0 Å². The molecule has 0 aromatic carbocycles. The molecule has 0 radical (unpaired) electrons. The van der Waals surface area contributed by atoms with Crippen LogP contribution in [0, 0.1) is 11.8 Å². The van der Waals surface area contributed by atoms with Gasteiger partial charge in [-0.05, 0) is 75.5 Å². The van der Waals surface area contributed by atoms with E-state index in [1.165, 1.54) is 0 Å². The van der Waals surface area contributed by atoms with E-state index in [1.807, 2.05) is 19.9 Å². The summed E-state index contributed by atoms with van der Waals surface area (Å²) in [4.78, 5) is 29.4. The summed E-state index contributed by atoms with van der Waals surface area (Å²) in [5, 5.41) is 12.3. The van der Waals surface area contributed by atoms with Gasteiger partial charge in [0.1, 0.15) is 5.69 Å². The second-order valence-electron chi connectivity index (χ2n) is 11.5. The summed E-state index contributed by atoms with van der Waals surface area (Å²) in [6.07, 6.45) is 5.89. The number of rotatable bonds is 11. The van der Waals surface area contributed by atoms with Crippen molar-refractivity contribution in [2.24, 2.45) is 17.6 Å². The van der Waals surface area contributed by atoms with Gasteiger partial charge >= 0.3 is 0 Å². The Morgan fingerprint density at radius 3 is 2.45 bits per heavy atom. The molecule has 2 atom stereocenters. The molecule has 0 saturated heterocycles. The van der Waals surface area contributed by atoms with Crippen LogP contribution in [0.25, 0.3) is 5.65 Å². The maximum atomic E-state index is 14.1. The maximum Gasteiger partial charge on any atom is 0.266 e.